The van der Waals surface area contributed by atoms with Gasteiger partial charge in [0.05, 0.1) is 20.8 Å². The fourth-order valence-electron chi connectivity index (χ4n) is 7.39. The summed E-state index contributed by atoms with van der Waals surface area (Å²) in [6.07, 6.45) is -3.29. The molecule has 13 heteroatoms. The Kier molecular flexibility index (Phi) is 11.8. The molecule has 2 heterocycles. The van der Waals surface area contributed by atoms with E-state index in [1.165, 1.54) is 14.0 Å². The van der Waals surface area contributed by atoms with Crippen LogP contribution in [0.2, 0.25) is 0 Å². The fourth-order valence-corrected chi connectivity index (χ4v) is 7.39. The summed E-state index contributed by atoms with van der Waals surface area (Å²) in [6, 6.07) is 38.2. The molecule has 0 bridgehead atoms. The van der Waals surface area contributed by atoms with Crippen molar-refractivity contribution in [3.05, 3.63) is 176 Å². The predicted molar refractivity (Wildman–Crippen MR) is 215 cm³/mol. The van der Waals surface area contributed by atoms with Crippen LogP contribution in [-0.4, -0.2) is 67.7 Å². The number of esters is 1. The Bertz CT molecular complexity index is 2450. The van der Waals surface area contributed by atoms with E-state index in [9.17, 15) is 19.2 Å². The summed E-state index contributed by atoms with van der Waals surface area (Å²) >= 11 is 0. The van der Waals surface area contributed by atoms with E-state index < -0.39 is 53.3 Å². The molecular formula is C45H43N3O10. The number of aromatic amines is 1. The first-order valence-corrected chi connectivity index (χ1v) is 18.6. The number of H-pyrrole nitrogens is 1. The molecule has 5 aromatic carbocycles. The predicted octanol–water partition coefficient (Wildman–Crippen LogP) is 5.49. The molecule has 0 saturated carbocycles. The molecule has 13 nitrogen and oxygen atoms in total. The van der Waals surface area contributed by atoms with E-state index in [4.69, 9.17) is 28.4 Å². The minimum atomic E-state index is -1.26. The molecule has 1 fully saturated rings. The third-order valence-corrected chi connectivity index (χ3v) is 10.3. The molecule has 1 aromatic heterocycles. The van der Waals surface area contributed by atoms with Crippen LogP contribution >= 0.6 is 0 Å². The summed E-state index contributed by atoms with van der Waals surface area (Å²) in [7, 11) is 4.56. The number of ether oxygens (including phenoxy) is 6. The van der Waals surface area contributed by atoms with Crippen molar-refractivity contribution in [1.82, 2.24) is 14.9 Å². The van der Waals surface area contributed by atoms with E-state index in [1.54, 1.807) is 14.2 Å². The van der Waals surface area contributed by atoms with Gasteiger partial charge in [-0.1, -0.05) is 91.0 Å². The normalized spacial score (nSPS) is 17.8. The third-order valence-electron chi connectivity index (χ3n) is 10.3. The van der Waals surface area contributed by atoms with Gasteiger partial charge in [0.2, 0.25) is 0 Å². The van der Waals surface area contributed by atoms with Crippen LogP contribution in [-0.2, 0) is 35.9 Å². The molecule has 298 valence electrons. The van der Waals surface area contributed by atoms with Crippen LogP contribution in [0.4, 0.5) is 0 Å². The van der Waals surface area contributed by atoms with E-state index in [0.717, 1.165) is 43.8 Å². The average Bonchev–Trinajstić information content (AvgIpc) is 3.59. The van der Waals surface area contributed by atoms with E-state index >= 15 is 0 Å². The first-order valence-electron chi connectivity index (χ1n) is 18.6. The molecular weight excluding hydrogens is 743 g/mol. The number of carbonyl (C=O) groups excluding carboxylic acids is 2. The Morgan fingerprint density at radius 1 is 0.759 bits per heavy atom. The first-order chi connectivity index (χ1) is 28.1. The number of aromatic nitrogens is 2. The van der Waals surface area contributed by atoms with Gasteiger partial charge in [-0.25, -0.2) is 4.79 Å². The van der Waals surface area contributed by atoms with Crippen LogP contribution in [0.5, 0.6) is 11.5 Å². The largest absolute Gasteiger partial charge is 0.497 e. The van der Waals surface area contributed by atoms with Gasteiger partial charge in [-0.05, 0) is 63.4 Å². The van der Waals surface area contributed by atoms with Gasteiger partial charge in [0.25, 0.3) is 11.5 Å². The van der Waals surface area contributed by atoms with Gasteiger partial charge in [0.15, 0.2) is 12.3 Å². The molecule has 7 rings (SSSR count). The summed E-state index contributed by atoms with van der Waals surface area (Å²) in [5, 5.41) is 4.82. The van der Waals surface area contributed by atoms with E-state index in [2.05, 4.69) is 10.3 Å². The maximum Gasteiger partial charge on any atom is 0.330 e. The maximum atomic E-state index is 13.5. The quantitative estimate of drug-likeness (QED) is 0.107. The zero-order chi connectivity index (χ0) is 40.8. The Morgan fingerprint density at radius 3 is 1.97 bits per heavy atom. The molecule has 1 amide bonds. The highest BCUT2D eigenvalue weighted by molar-refractivity contribution is 5.93. The van der Waals surface area contributed by atoms with Gasteiger partial charge in [0, 0.05) is 26.8 Å². The SMILES string of the molecule is COc1ccc(C(OC[C@H]2O[C@@H](n3cc(C(=O)NCc4ccc5ccccc5c4)c(=O)[nH]c3=O)[C@H](OC)[C@@H]2OC(C)=O)(c2ccccc2)c2ccc(OC)cc2)cc1. The zero-order valence-corrected chi connectivity index (χ0v) is 32.4. The Balaban J connectivity index is 1.23. The number of rotatable bonds is 14. The Labute approximate surface area is 334 Å². The number of methoxy groups -OCH3 is 3. The highest BCUT2D eigenvalue weighted by Gasteiger charge is 2.50. The van der Waals surface area contributed by atoms with Crippen molar-refractivity contribution in [1.29, 1.82) is 0 Å². The second-order valence-electron chi connectivity index (χ2n) is 13.7. The first kappa shape index (κ1) is 39.7. The van der Waals surface area contributed by atoms with Crippen molar-refractivity contribution in [2.75, 3.05) is 27.9 Å². The number of nitrogens with one attached hydrogen (secondary N) is 2. The van der Waals surface area contributed by atoms with Gasteiger partial charge < -0.3 is 33.7 Å². The molecule has 58 heavy (non-hydrogen) atoms. The van der Waals surface area contributed by atoms with Crippen molar-refractivity contribution >= 4 is 22.6 Å². The third kappa shape index (κ3) is 8.00. The smallest absolute Gasteiger partial charge is 0.330 e. The van der Waals surface area contributed by atoms with Crippen molar-refractivity contribution in [2.24, 2.45) is 0 Å². The van der Waals surface area contributed by atoms with Crippen molar-refractivity contribution in [3.8, 4) is 11.5 Å². The van der Waals surface area contributed by atoms with Gasteiger partial charge in [0.1, 0.15) is 34.9 Å². The molecule has 1 aliphatic heterocycles. The van der Waals surface area contributed by atoms with Gasteiger partial charge in [-0.3, -0.25) is 23.9 Å². The minimum Gasteiger partial charge on any atom is -0.497 e. The molecule has 0 unspecified atom stereocenters. The summed E-state index contributed by atoms with van der Waals surface area (Å²) in [4.78, 5) is 54.8. The van der Waals surface area contributed by atoms with Gasteiger partial charge in [-0.2, -0.15) is 0 Å². The van der Waals surface area contributed by atoms with E-state index in [1.807, 2.05) is 121 Å². The number of nitrogens with zero attached hydrogens (tertiary/aromatic N) is 1. The van der Waals surface area contributed by atoms with Crippen molar-refractivity contribution < 1.29 is 38.0 Å². The second kappa shape index (κ2) is 17.3. The monoisotopic (exact) mass is 785 g/mol. The summed E-state index contributed by atoms with van der Waals surface area (Å²) in [5.74, 6) is -0.0385. The average molecular weight is 786 g/mol. The van der Waals surface area contributed by atoms with E-state index in [0.29, 0.717) is 11.5 Å². The lowest BCUT2D eigenvalue weighted by Gasteiger charge is -2.37. The Morgan fingerprint density at radius 2 is 1.36 bits per heavy atom. The summed E-state index contributed by atoms with van der Waals surface area (Å²) < 4.78 is 37.2. The molecule has 6 aromatic rings. The highest BCUT2D eigenvalue weighted by Crippen LogP contribution is 2.43. The lowest BCUT2D eigenvalue weighted by Crippen LogP contribution is -2.43. The minimum absolute atomic E-state index is 0.127. The zero-order valence-electron chi connectivity index (χ0n) is 32.4. The molecule has 1 saturated heterocycles. The topological polar surface area (TPSA) is 156 Å². The molecule has 2 N–H and O–H groups in total. The van der Waals surface area contributed by atoms with Crippen LogP contribution in [0.3, 0.4) is 0 Å². The van der Waals surface area contributed by atoms with Gasteiger partial charge in [-0.15, -0.1) is 0 Å². The number of fused-ring (bicyclic) bond motifs is 1. The lowest BCUT2D eigenvalue weighted by atomic mass is 9.80. The Hall–Kier alpha value is -6.54. The summed E-state index contributed by atoms with van der Waals surface area (Å²) in [5.41, 5.74) is -0.221. The highest BCUT2D eigenvalue weighted by atomic mass is 16.6. The molecule has 0 aliphatic carbocycles. The van der Waals surface area contributed by atoms with E-state index in [-0.39, 0.29) is 18.7 Å². The summed E-state index contributed by atoms with van der Waals surface area (Å²) in [6.45, 7) is 1.20. The lowest BCUT2D eigenvalue weighted by molar-refractivity contribution is -0.157. The number of amides is 1. The van der Waals surface area contributed by atoms with Crippen LogP contribution < -0.4 is 26.0 Å². The second-order valence-corrected chi connectivity index (χ2v) is 13.7. The number of hydrogen-bond donors (Lipinski definition) is 2. The van der Waals surface area contributed by atoms with Crippen molar-refractivity contribution in [3.63, 3.8) is 0 Å². The molecule has 0 spiro atoms. The number of carbonyl (C=O) groups is 2. The van der Waals surface area contributed by atoms with Crippen LogP contribution in [0.1, 0.15) is 45.8 Å². The van der Waals surface area contributed by atoms with Crippen molar-refractivity contribution in [2.45, 2.75) is 43.6 Å². The molecule has 0 radical (unpaired) electrons. The fraction of sp³-hybridized carbons (Fsp3) is 0.244. The van der Waals surface area contributed by atoms with Crippen LogP contribution in [0, 0.1) is 0 Å². The van der Waals surface area contributed by atoms with Gasteiger partial charge >= 0.3 is 11.7 Å². The number of benzene rings is 5. The number of hydrogen-bond acceptors (Lipinski definition) is 10. The standard InChI is InChI=1S/C45H43N3O10/c1-28(49)57-39-38(27-56-45(32-12-6-5-7-13-32,33-16-20-35(53-2)21-17-33)34-18-22-36(54-3)23-19-34)58-43(40(39)55-4)48-26-37(42(51)47-44(48)52)41(50)46-25-29-14-15-30-10-8-9-11-31(30)24-29/h5-24,26,38-40,43H,25,27H2,1-4H3,(H,46,50)(H,47,51,52)/t38-,39-,40-,43-/m1/s1. The van der Waals surface area contributed by atoms with Crippen LogP contribution in [0.25, 0.3) is 10.8 Å². The molecule has 4 atom stereocenters. The van der Waals surface area contributed by atoms with Crippen LogP contribution in [0.15, 0.2) is 137 Å². The maximum absolute atomic E-state index is 13.5. The molecule has 1 aliphatic rings.